The van der Waals surface area contributed by atoms with E-state index in [1.165, 1.54) is 0 Å². The summed E-state index contributed by atoms with van der Waals surface area (Å²) < 4.78 is 5.25. The van der Waals surface area contributed by atoms with E-state index >= 15 is 0 Å². The van der Waals surface area contributed by atoms with Gasteiger partial charge in [-0.05, 0) is 0 Å². The summed E-state index contributed by atoms with van der Waals surface area (Å²) in [6.07, 6.45) is 2.11. The van der Waals surface area contributed by atoms with Gasteiger partial charge >= 0.3 is 0 Å². The van der Waals surface area contributed by atoms with Crippen LogP contribution in [0.5, 0.6) is 0 Å². The summed E-state index contributed by atoms with van der Waals surface area (Å²) >= 11 is 0. The molecule has 1 saturated heterocycles. The first-order valence-corrected chi connectivity index (χ1v) is 3.96. The van der Waals surface area contributed by atoms with E-state index in [0.717, 1.165) is 19.4 Å². The molecular weight excluding hydrogens is 213 g/mol. The molecule has 1 heterocycles. The minimum absolute atomic E-state index is 0. The molecule has 1 nitrogen and oxygen atoms in total. The van der Waals surface area contributed by atoms with Gasteiger partial charge in [0.2, 0.25) is 0 Å². The van der Waals surface area contributed by atoms with Crippen molar-refractivity contribution in [1.82, 2.24) is 0 Å². The fourth-order valence-corrected chi connectivity index (χ4v) is 1.43. The molecule has 0 bridgehead atoms. The molecule has 0 aromatic rings. The molecule has 0 N–H and O–H groups in total. The van der Waals surface area contributed by atoms with Crippen molar-refractivity contribution >= 4 is 0 Å². The standard InChI is InChI=1S/C9H16O.Y/c1-4-9(8(2)3)5-6-10-7-9;/h7-8H,1,4-6H2,2-3H3;/q-2;/t9-;/m1./s1. The Morgan fingerprint density at radius 3 is 2.45 bits per heavy atom. The third-order valence-electron chi connectivity index (χ3n) is 2.62. The average Bonchev–Trinajstić information content (AvgIpc) is 2.35. The van der Waals surface area contributed by atoms with Crippen LogP contribution in [-0.4, -0.2) is 6.61 Å². The van der Waals surface area contributed by atoms with Crippen molar-refractivity contribution in [2.75, 3.05) is 6.61 Å². The maximum absolute atomic E-state index is 5.25. The Morgan fingerprint density at radius 2 is 2.27 bits per heavy atom. The van der Waals surface area contributed by atoms with Crippen LogP contribution in [0.15, 0.2) is 0 Å². The van der Waals surface area contributed by atoms with Crippen molar-refractivity contribution in [3.05, 3.63) is 13.5 Å². The van der Waals surface area contributed by atoms with Gasteiger partial charge in [-0.2, -0.15) is 5.41 Å². The smallest absolute Gasteiger partial charge is 0.00922 e. The zero-order valence-electron chi connectivity index (χ0n) is 7.47. The second kappa shape index (κ2) is 4.94. The summed E-state index contributed by atoms with van der Waals surface area (Å²) in [7, 11) is 0. The monoisotopic (exact) mass is 229 g/mol. The molecule has 63 valence electrons. The SMILES string of the molecule is [CH2-]C[C@]1(C(C)C)[CH-]OCC1.[Y]. The largest absolute Gasteiger partial charge is 0.552 e. The quantitative estimate of drug-likeness (QED) is 0.661. The number of hydrogen-bond acceptors (Lipinski definition) is 1. The molecule has 1 atom stereocenters. The molecule has 0 spiro atoms. The summed E-state index contributed by atoms with van der Waals surface area (Å²) in [6.45, 7) is 11.3. The molecule has 11 heavy (non-hydrogen) atoms. The first kappa shape index (κ1) is 12.1. The van der Waals surface area contributed by atoms with Gasteiger partial charge in [0.1, 0.15) is 0 Å². The normalized spacial score (nSPS) is 30.5. The van der Waals surface area contributed by atoms with Gasteiger partial charge < -0.3 is 11.7 Å². The van der Waals surface area contributed by atoms with Gasteiger partial charge in [-0.3, -0.25) is 0 Å². The van der Waals surface area contributed by atoms with Gasteiger partial charge in [-0.25, -0.2) is 13.0 Å². The molecule has 1 aliphatic heterocycles. The van der Waals surface area contributed by atoms with Gasteiger partial charge in [0.05, 0.1) is 0 Å². The predicted octanol–water partition coefficient (Wildman–Crippen LogP) is 2.43. The van der Waals surface area contributed by atoms with Crippen molar-refractivity contribution in [1.29, 1.82) is 0 Å². The molecule has 2 heteroatoms. The Labute approximate surface area is 95.2 Å². The zero-order chi connectivity index (χ0) is 7.61. The second-order valence-electron chi connectivity index (χ2n) is 3.38. The molecule has 1 rings (SSSR count). The molecule has 1 aliphatic rings. The maximum atomic E-state index is 5.25. The van der Waals surface area contributed by atoms with Crippen molar-refractivity contribution in [2.45, 2.75) is 26.7 Å². The second-order valence-corrected chi connectivity index (χ2v) is 3.38. The fraction of sp³-hybridized carbons (Fsp3) is 0.778. The molecule has 0 unspecified atom stereocenters. The van der Waals surface area contributed by atoms with Crippen LogP contribution in [0, 0.1) is 24.9 Å². The molecule has 0 aliphatic carbocycles. The summed E-state index contributed by atoms with van der Waals surface area (Å²) in [5.74, 6) is 0.660. The van der Waals surface area contributed by atoms with Gasteiger partial charge in [0.25, 0.3) is 0 Å². The van der Waals surface area contributed by atoms with Crippen LogP contribution in [0.1, 0.15) is 26.7 Å². The van der Waals surface area contributed by atoms with Crippen LogP contribution in [0.3, 0.4) is 0 Å². The molecule has 1 radical (unpaired) electrons. The third kappa shape index (κ3) is 2.50. The number of ether oxygens (including phenoxy) is 1. The van der Waals surface area contributed by atoms with E-state index in [9.17, 15) is 0 Å². The van der Waals surface area contributed by atoms with Gasteiger partial charge in [0.15, 0.2) is 0 Å². The first-order valence-electron chi connectivity index (χ1n) is 3.96. The fourth-order valence-electron chi connectivity index (χ4n) is 1.43. The van der Waals surface area contributed by atoms with Crippen LogP contribution in [0.4, 0.5) is 0 Å². The van der Waals surface area contributed by atoms with E-state index in [0.29, 0.717) is 5.92 Å². The summed E-state index contributed by atoms with van der Waals surface area (Å²) in [6, 6.07) is 0. The summed E-state index contributed by atoms with van der Waals surface area (Å²) in [5, 5.41) is 0. The Bertz CT molecular complexity index is 106. The van der Waals surface area contributed by atoms with Gasteiger partial charge in [0, 0.05) is 39.3 Å². The molecule has 0 aromatic heterocycles. The van der Waals surface area contributed by atoms with Crippen molar-refractivity contribution < 1.29 is 37.4 Å². The number of rotatable bonds is 2. The first-order chi connectivity index (χ1) is 4.71. The Balaban J connectivity index is 0.000001000. The molecular formula is C9H16OY-2. The summed E-state index contributed by atoms with van der Waals surface area (Å²) in [5.41, 5.74) is 0.278. The van der Waals surface area contributed by atoms with Crippen LogP contribution in [0.2, 0.25) is 0 Å². The van der Waals surface area contributed by atoms with E-state index in [-0.39, 0.29) is 38.1 Å². The molecule has 0 amide bonds. The predicted molar refractivity (Wildman–Crippen MR) is 42.1 cm³/mol. The maximum Gasteiger partial charge on any atom is 0.00922 e. The minimum Gasteiger partial charge on any atom is -0.552 e. The molecule has 1 fully saturated rings. The van der Waals surface area contributed by atoms with Gasteiger partial charge in [-0.15, -0.1) is 0 Å². The summed E-state index contributed by atoms with van der Waals surface area (Å²) in [4.78, 5) is 0. The van der Waals surface area contributed by atoms with E-state index in [1.807, 2.05) is 6.61 Å². The van der Waals surface area contributed by atoms with Crippen molar-refractivity contribution in [3.8, 4) is 0 Å². The topological polar surface area (TPSA) is 9.23 Å². The van der Waals surface area contributed by atoms with Crippen LogP contribution >= 0.6 is 0 Å². The molecule has 0 saturated carbocycles. The van der Waals surface area contributed by atoms with E-state index in [2.05, 4.69) is 20.8 Å². The van der Waals surface area contributed by atoms with E-state index < -0.39 is 0 Å². The minimum atomic E-state index is 0. The Kier molecular flexibility index (Phi) is 5.42. The van der Waals surface area contributed by atoms with Crippen LogP contribution in [-0.2, 0) is 37.4 Å². The van der Waals surface area contributed by atoms with Crippen LogP contribution < -0.4 is 0 Å². The number of hydrogen-bond donors (Lipinski definition) is 0. The van der Waals surface area contributed by atoms with E-state index in [1.54, 1.807) is 0 Å². The Hall–Kier alpha value is 1.06. The van der Waals surface area contributed by atoms with Crippen LogP contribution in [0.25, 0.3) is 0 Å². The molecule has 0 aromatic carbocycles. The van der Waals surface area contributed by atoms with Crippen molar-refractivity contribution in [3.63, 3.8) is 0 Å². The van der Waals surface area contributed by atoms with Crippen molar-refractivity contribution in [2.24, 2.45) is 11.3 Å². The van der Waals surface area contributed by atoms with E-state index in [4.69, 9.17) is 4.74 Å². The Morgan fingerprint density at radius 1 is 1.64 bits per heavy atom. The average molecular weight is 229 g/mol. The third-order valence-corrected chi connectivity index (χ3v) is 2.62. The zero-order valence-corrected chi connectivity index (χ0v) is 10.3. The van der Waals surface area contributed by atoms with Gasteiger partial charge in [-0.1, -0.05) is 26.2 Å².